The summed E-state index contributed by atoms with van der Waals surface area (Å²) in [5, 5.41) is 17.5. The van der Waals surface area contributed by atoms with E-state index in [0.29, 0.717) is 18.0 Å². The van der Waals surface area contributed by atoms with Crippen LogP contribution in [0.25, 0.3) is 0 Å². The zero-order valence-corrected chi connectivity index (χ0v) is 9.16. The molecule has 0 atom stereocenters. The van der Waals surface area contributed by atoms with Crippen LogP contribution in [0.4, 0.5) is 0 Å². The first-order valence-corrected chi connectivity index (χ1v) is 5.55. The highest BCUT2D eigenvalue weighted by molar-refractivity contribution is 7.12. The summed E-state index contributed by atoms with van der Waals surface area (Å²) in [7, 11) is 0. The van der Waals surface area contributed by atoms with E-state index in [-0.39, 0.29) is 0 Å². The second-order valence-electron chi connectivity index (χ2n) is 3.17. The molecule has 2 rings (SSSR count). The van der Waals surface area contributed by atoms with Crippen molar-refractivity contribution >= 4 is 17.3 Å². The highest BCUT2D eigenvalue weighted by Crippen LogP contribution is 2.16. The molecule has 2 aromatic heterocycles. The molecular weight excluding hydrogens is 228 g/mol. The summed E-state index contributed by atoms with van der Waals surface area (Å²) in [5.74, 6) is -0.881. The Kier molecular flexibility index (Phi) is 3.33. The van der Waals surface area contributed by atoms with Gasteiger partial charge in [-0.3, -0.25) is 0 Å². The highest BCUT2D eigenvalue weighted by atomic mass is 32.1. The minimum absolute atomic E-state index is 0.382. The van der Waals surface area contributed by atoms with Crippen LogP contribution >= 0.6 is 11.3 Å². The van der Waals surface area contributed by atoms with Gasteiger partial charge in [0.15, 0.2) is 0 Å². The van der Waals surface area contributed by atoms with Crippen LogP contribution in [0.2, 0.25) is 0 Å². The molecule has 0 radical (unpaired) electrons. The summed E-state index contributed by atoms with van der Waals surface area (Å²) in [6.07, 6.45) is 1.50. The van der Waals surface area contributed by atoms with Gasteiger partial charge in [-0.2, -0.15) is 0 Å². The van der Waals surface area contributed by atoms with Gasteiger partial charge < -0.3 is 14.9 Å². The predicted octanol–water partition coefficient (Wildman–Crippen LogP) is 1.72. The molecule has 0 aliphatic rings. The molecule has 6 heteroatoms. The fourth-order valence-electron chi connectivity index (χ4n) is 1.32. The van der Waals surface area contributed by atoms with Gasteiger partial charge in [0.1, 0.15) is 11.1 Å². The molecule has 5 nitrogen and oxygen atoms in total. The molecule has 2 N–H and O–H groups in total. The Labute approximate surface area is 95.7 Å². The number of rotatable bonds is 5. The zero-order chi connectivity index (χ0) is 11.4. The molecule has 2 aromatic rings. The molecule has 0 bridgehead atoms. The number of carboxylic acids is 1. The van der Waals surface area contributed by atoms with E-state index < -0.39 is 5.97 Å². The Morgan fingerprint density at radius 2 is 2.38 bits per heavy atom. The quantitative estimate of drug-likeness (QED) is 0.829. The Bertz CT molecular complexity index is 464. The van der Waals surface area contributed by atoms with E-state index in [1.807, 2.05) is 6.07 Å². The zero-order valence-electron chi connectivity index (χ0n) is 8.34. The molecule has 0 fully saturated rings. The Morgan fingerprint density at radius 3 is 3.06 bits per heavy atom. The summed E-state index contributed by atoms with van der Waals surface area (Å²) in [6.45, 7) is 1.07. The maximum absolute atomic E-state index is 10.8. The van der Waals surface area contributed by atoms with E-state index in [1.54, 1.807) is 11.4 Å². The lowest BCUT2D eigenvalue weighted by Gasteiger charge is -2.01. The third kappa shape index (κ3) is 2.47. The van der Waals surface area contributed by atoms with Crippen LogP contribution in [-0.2, 0) is 13.1 Å². The van der Waals surface area contributed by atoms with Crippen LogP contribution in [0.15, 0.2) is 28.3 Å². The van der Waals surface area contributed by atoms with E-state index in [0.717, 1.165) is 11.3 Å². The Morgan fingerprint density at radius 1 is 1.50 bits per heavy atom. The second kappa shape index (κ2) is 4.91. The first-order valence-electron chi connectivity index (χ1n) is 4.67. The summed E-state index contributed by atoms with van der Waals surface area (Å²) in [6, 6.07) is 3.57. The minimum Gasteiger partial charge on any atom is -0.477 e. The lowest BCUT2D eigenvalue weighted by Crippen LogP contribution is -2.14. The molecular formula is C10H10N2O3S. The average Bonchev–Trinajstić information content (AvgIpc) is 2.87. The number of nitrogens with zero attached hydrogens (tertiary/aromatic N) is 1. The van der Waals surface area contributed by atoms with Crippen molar-refractivity contribution in [3.63, 3.8) is 0 Å². The van der Waals surface area contributed by atoms with Crippen molar-refractivity contribution in [3.05, 3.63) is 39.9 Å². The molecule has 0 aliphatic heterocycles. The van der Waals surface area contributed by atoms with E-state index in [1.165, 1.54) is 17.6 Å². The molecule has 2 heterocycles. The Balaban J connectivity index is 1.90. The maximum atomic E-state index is 10.8. The molecule has 84 valence electrons. The van der Waals surface area contributed by atoms with Gasteiger partial charge in [-0.15, -0.1) is 11.3 Å². The summed E-state index contributed by atoms with van der Waals surface area (Å²) in [4.78, 5) is 11.2. The Hall–Kier alpha value is -1.66. The van der Waals surface area contributed by atoms with E-state index >= 15 is 0 Å². The van der Waals surface area contributed by atoms with Crippen molar-refractivity contribution < 1.29 is 14.4 Å². The number of aromatic nitrogens is 1. The number of carbonyl (C=O) groups is 1. The third-order valence-electron chi connectivity index (χ3n) is 2.05. The second-order valence-corrected chi connectivity index (χ2v) is 4.09. The SMILES string of the molecule is O=C(O)c1sccc1CNCc1ccon1. The lowest BCUT2D eigenvalue weighted by atomic mass is 10.2. The monoisotopic (exact) mass is 238 g/mol. The van der Waals surface area contributed by atoms with Gasteiger partial charge in [0, 0.05) is 19.2 Å². The van der Waals surface area contributed by atoms with Gasteiger partial charge in [-0.05, 0) is 17.0 Å². The molecule has 0 saturated heterocycles. The van der Waals surface area contributed by atoms with Crippen LogP contribution in [-0.4, -0.2) is 16.2 Å². The maximum Gasteiger partial charge on any atom is 0.346 e. The number of nitrogens with one attached hydrogen (secondary N) is 1. The van der Waals surface area contributed by atoms with Gasteiger partial charge in [0.2, 0.25) is 0 Å². The normalized spacial score (nSPS) is 10.5. The van der Waals surface area contributed by atoms with Gasteiger partial charge in [-0.25, -0.2) is 4.79 Å². The average molecular weight is 238 g/mol. The van der Waals surface area contributed by atoms with Crippen molar-refractivity contribution in [1.82, 2.24) is 10.5 Å². The van der Waals surface area contributed by atoms with Crippen molar-refractivity contribution in [2.75, 3.05) is 0 Å². The molecule has 0 spiro atoms. The molecule has 0 aromatic carbocycles. The minimum atomic E-state index is -0.881. The molecule has 16 heavy (non-hydrogen) atoms. The first-order chi connectivity index (χ1) is 7.77. The summed E-state index contributed by atoms with van der Waals surface area (Å²) in [5.41, 5.74) is 1.59. The van der Waals surface area contributed by atoms with Crippen LogP contribution in [0, 0.1) is 0 Å². The van der Waals surface area contributed by atoms with Crippen molar-refractivity contribution in [2.24, 2.45) is 0 Å². The number of hydrogen-bond donors (Lipinski definition) is 2. The fraction of sp³-hybridized carbons (Fsp3) is 0.200. The predicted molar refractivity (Wildman–Crippen MR) is 58.3 cm³/mol. The standard InChI is InChI=1S/C10H10N2O3S/c13-10(14)9-7(2-4-16-9)5-11-6-8-1-3-15-12-8/h1-4,11H,5-6H2,(H,13,14). The topological polar surface area (TPSA) is 75.4 Å². The van der Waals surface area contributed by atoms with E-state index in [2.05, 4.69) is 15.0 Å². The van der Waals surface area contributed by atoms with Gasteiger partial charge in [0.25, 0.3) is 0 Å². The number of hydrogen-bond acceptors (Lipinski definition) is 5. The largest absolute Gasteiger partial charge is 0.477 e. The van der Waals surface area contributed by atoms with E-state index in [9.17, 15) is 4.79 Å². The van der Waals surface area contributed by atoms with Crippen molar-refractivity contribution in [2.45, 2.75) is 13.1 Å². The van der Waals surface area contributed by atoms with E-state index in [4.69, 9.17) is 5.11 Å². The fourth-order valence-corrected chi connectivity index (χ4v) is 2.08. The van der Waals surface area contributed by atoms with Gasteiger partial charge in [-0.1, -0.05) is 5.16 Å². The van der Waals surface area contributed by atoms with Crippen molar-refractivity contribution in [3.8, 4) is 0 Å². The van der Waals surface area contributed by atoms with Crippen LogP contribution in [0.5, 0.6) is 0 Å². The van der Waals surface area contributed by atoms with Gasteiger partial charge in [0.05, 0.1) is 5.69 Å². The molecule has 0 aliphatic carbocycles. The van der Waals surface area contributed by atoms with Gasteiger partial charge >= 0.3 is 5.97 Å². The lowest BCUT2D eigenvalue weighted by molar-refractivity contribution is 0.0701. The first kappa shape index (κ1) is 10.8. The molecule has 0 amide bonds. The third-order valence-corrected chi connectivity index (χ3v) is 3.00. The summed E-state index contributed by atoms with van der Waals surface area (Å²) >= 11 is 1.23. The molecule has 0 unspecified atom stereocenters. The van der Waals surface area contributed by atoms with Crippen LogP contribution in [0.3, 0.4) is 0 Å². The van der Waals surface area contributed by atoms with Crippen LogP contribution in [0.1, 0.15) is 20.9 Å². The number of carboxylic acid groups (broad SMARTS) is 1. The number of thiophene rings is 1. The summed E-state index contributed by atoms with van der Waals surface area (Å²) < 4.78 is 4.68. The highest BCUT2D eigenvalue weighted by Gasteiger charge is 2.10. The van der Waals surface area contributed by atoms with Crippen molar-refractivity contribution in [1.29, 1.82) is 0 Å². The number of aromatic carboxylic acids is 1. The smallest absolute Gasteiger partial charge is 0.346 e. The van der Waals surface area contributed by atoms with Crippen LogP contribution < -0.4 is 5.32 Å². The molecule has 0 saturated carbocycles.